The average Bonchev–Trinajstić information content (AvgIpc) is 2.84. The molecule has 0 bridgehead atoms. The lowest BCUT2D eigenvalue weighted by Gasteiger charge is -2.40. The number of benzene rings is 3. The van der Waals surface area contributed by atoms with Crippen molar-refractivity contribution in [2.75, 3.05) is 12.5 Å². The van der Waals surface area contributed by atoms with E-state index in [2.05, 4.69) is 0 Å². The molecular formula is C27H33NO3S2. The predicted octanol–water partition coefficient (Wildman–Crippen LogP) is 5.51. The molecule has 3 aromatic carbocycles. The summed E-state index contributed by atoms with van der Waals surface area (Å²) in [5.41, 5.74) is 4.95. The minimum Gasteiger partial charge on any atom is -0.486 e. The summed E-state index contributed by atoms with van der Waals surface area (Å²) < 4.78 is 5.92. The maximum Gasteiger partial charge on any atom is 0.153 e. The number of rotatable bonds is 10. The largest absolute Gasteiger partial charge is 0.486 e. The van der Waals surface area contributed by atoms with Crippen LogP contribution in [0.25, 0.3) is 0 Å². The fourth-order valence-corrected chi connectivity index (χ4v) is 4.76. The van der Waals surface area contributed by atoms with Gasteiger partial charge in [-0.1, -0.05) is 49.4 Å². The molecule has 0 amide bonds. The molecule has 0 saturated carbocycles. The van der Waals surface area contributed by atoms with Gasteiger partial charge in [0.05, 0.1) is 0 Å². The standard InChI is InChI=1S/C27H33NO3S2/c1-19(27(28,30)20(2)31-23-8-6-5-7-9-23)18-26(29,21-10-14-24(32-3)15-11-21)22-12-16-25(33-4)17-13-22/h5-17,19-20,29-30H,18,28H2,1-4H3/t19?,20-,27?/m0/s1. The zero-order valence-electron chi connectivity index (χ0n) is 19.6. The molecule has 0 aliphatic heterocycles. The summed E-state index contributed by atoms with van der Waals surface area (Å²) in [4.78, 5) is 2.24. The van der Waals surface area contributed by atoms with Crippen LogP contribution >= 0.6 is 23.5 Å². The Kier molecular flexibility index (Phi) is 8.54. The van der Waals surface area contributed by atoms with Crippen LogP contribution in [-0.2, 0) is 5.60 Å². The van der Waals surface area contributed by atoms with E-state index in [0.29, 0.717) is 5.75 Å². The molecule has 33 heavy (non-hydrogen) atoms. The Bertz CT molecular complexity index is 960. The van der Waals surface area contributed by atoms with Gasteiger partial charge < -0.3 is 20.7 Å². The van der Waals surface area contributed by atoms with E-state index in [1.165, 1.54) is 0 Å². The molecule has 0 aromatic heterocycles. The highest BCUT2D eigenvalue weighted by Crippen LogP contribution is 2.40. The van der Waals surface area contributed by atoms with Gasteiger partial charge in [-0.25, -0.2) is 0 Å². The number of para-hydroxylation sites is 1. The van der Waals surface area contributed by atoms with Crippen LogP contribution in [0.1, 0.15) is 31.4 Å². The van der Waals surface area contributed by atoms with Crippen LogP contribution in [0.3, 0.4) is 0 Å². The van der Waals surface area contributed by atoms with Crippen molar-refractivity contribution < 1.29 is 14.9 Å². The van der Waals surface area contributed by atoms with Crippen molar-refractivity contribution in [2.45, 2.75) is 47.5 Å². The first-order chi connectivity index (χ1) is 15.7. The summed E-state index contributed by atoms with van der Waals surface area (Å²) in [6, 6.07) is 25.1. The van der Waals surface area contributed by atoms with Crippen LogP contribution in [0.2, 0.25) is 0 Å². The molecule has 0 aliphatic rings. The van der Waals surface area contributed by atoms with Crippen molar-refractivity contribution in [3.8, 4) is 5.75 Å². The van der Waals surface area contributed by atoms with E-state index in [-0.39, 0.29) is 6.42 Å². The zero-order valence-corrected chi connectivity index (χ0v) is 21.2. The van der Waals surface area contributed by atoms with Gasteiger partial charge in [-0.2, -0.15) is 0 Å². The Morgan fingerprint density at radius 3 is 1.67 bits per heavy atom. The smallest absolute Gasteiger partial charge is 0.153 e. The first kappa shape index (κ1) is 25.7. The summed E-state index contributed by atoms with van der Waals surface area (Å²) in [6.07, 6.45) is 3.58. The summed E-state index contributed by atoms with van der Waals surface area (Å²) in [5, 5.41) is 23.3. The van der Waals surface area contributed by atoms with E-state index in [9.17, 15) is 10.2 Å². The molecule has 3 aromatic rings. The van der Waals surface area contributed by atoms with Crippen molar-refractivity contribution in [3.63, 3.8) is 0 Å². The van der Waals surface area contributed by atoms with Crippen molar-refractivity contribution in [3.05, 3.63) is 90.0 Å². The van der Waals surface area contributed by atoms with Crippen molar-refractivity contribution in [2.24, 2.45) is 11.7 Å². The van der Waals surface area contributed by atoms with Crippen LogP contribution in [0, 0.1) is 5.92 Å². The van der Waals surface area contributed by atoms with Crippen molar-refractivity contribution >= 4 is 23.5 Å². The second-order valence-electron chi connectivity index (χ2n) is 8.38. The van der Waals surface area contributed by atoms with Gasteiger partial charge in [0, 0.05) is 15.7 Å². The van der Waals surface area contributed by atoms with E-state index in [1.807, 2.05) is 98.3 Å². The van der Waals surface area contributed by atoms with Gasteiger partial charge in [-0.05, 0) is 73.4 Å². The highest BCUT2D eigenvalue weighted by Gasteiger charge is 2.43. The van der Waals surface area contributed by atoms with Gasteiger partial charge in [-0.3, -0.25) is 0 Å². The fraction of sp³-hybridized carbons (Fsp3) is 0.333. The van der Waals surface area contributed by atoms with E-state index in [1.54, 1.807) is 30.4 Å². The molecule has 0 saturated heterocycles. The van der Waals surface area contributed by atoms with E-state index in [4.69, 9.17) is 10.5 Å². The third-order valence-electron chi connectivity index (χ3n) is 6.23. The van der Waals surface area contributed by atoms with Gasteiger partial charge in [0.25, 0.3) is 0 Å². The topological polar surface area (TPSA) is 75.7 Å². The third kappa shape index (κ3) is 5.94. The Morgan fingerprint density at radius 1 is 0.788 bits per heavy atom. The van der Waals surface area contributed by atoms with Crippen LogP contribution in [0.5, 0.6) is 5.75 Å². The summed E-state index contributed by atoms with van der Waals surface area (Å²) in [6.45, 7) is 3.60. The zero-order chi connectivity index (χ0) is 24.1. The Labute approximate surface area is 205 Å². The molecule has 6 heteroatoms. The van der Waals surface area contributed by atoms with E-state index in [0.717, 1.165) is 20.9 Å². The molecule has 3 atom stereocenters. The van der Waals surface area contributed by atoms with Gasteiger partial charge >= 0.3 is 0 Å². The van der Waals surface area contributed by atoms with Crippen LogP contribution in [0.4, 0.5) is 0 Å². The molecule has 0 spiro atoms. The molecule has 0 heterocycles. The monoisotopic (exact) mass is 483 g/mol. The van der Waals surface area contributed by atoms with Crippen LogP contribution < -0.4 is 10.5 Å². The van der Waals surface area contributed by atoms with Crippen LogP contribution in [-0.4, -0.2) is 34.6 Å². The number of hydrogen-bond donors (Lipinski definition) is 3. The normalized spacial score (nSPS) is 15.5. The van der Waals surface area contributed by atoms with E-state index >= 15 is 0 Å². The highest BCUT2D eigenvalue weighted by molar-refractivity contribution is 7.98. The van der Waals surface area contributed by atoms with E-state index < -0.39 is 23.3 Å². The lowest BCUT2D eigenvalue weighted by molar-refractivity contribution is -0.105. The number of hydrogen-bond acceptors (Lipinski definition) is 6. The first-order valence-corrected chi connectivity index (χ1v) is 13.4. The number of ether oxygens (including phenoxy) is 1. The lowest BCUT2D eigenvalue weighted by atomic mass is 9.76. The maximum atomic E-state index is 12.1. The molecule has 176 valence electrons. The SMILES string of the molecule is CSc1ccc(C(O)(CC(C)C(N)(O)[C@H](C)Oc2ccccc2)c2ccc(SC)cc2)cc1. The first-order valence-electron chi connectivity index (χ1n) is 10.9. The van der Waals surface area contributed by atoms with Gasteiger partial charge in [0.2, 0.25) is 0 Å². The summed E-state index contributed by atoms with van der Waals surface area (Å²) in [5.74, 6) is 0.151. The lowest BCUT2D eigenvalue weighted by Crippen LogP contribution is -2.58. The maximum absolute atomic E-state index is 12.1. The Hall–Kier alpha value is -1.96. The predicted molar refractivity (Wildman–Crippen MR) is 139 cm³/mol. The molecule has 0 aliphatic carbocycles. The highest BCUT2D eigenvalue weighted by atomic mass is 32.2. The molecule has 4 nitrogen and oxygen atoms in total. The summed E-state index contributed by atoms with van der Waals surface area (Å²) >= 11 is 3.30. The number of thioether (sulfide) groups is 2. The number of nitrogens with two attached hydrogens (primary N) is 1. The van der Waals surface area contributed by atoms with Crippen molar-refractivity contribution in [1.82, 2.24) is 0 Å². The molecule has 0 radical (unpaired) electrons. The third-order valence-corrected chi connectivity index (χ3v) is 7.72. The van der Waals surface area contributed by atoms with Gasteiger partial charge in [-0.15, -0.1) is 23.5 Å². The van der Waals surface area contributed by atoms with Crippen LogP contribution in [0.15, 0.2) is 88.7 Å². The molecule has 3 rings (SSSR count). The summed E-state index contributed by atoms with van der Waals surface area (Å²) in [7, 11) is 0. The Balaban J connectivity index is 1.92. The van der Waals surface area contributed by atoms with Gasteiger partial charge in [0.15, 0.2) is 5.72 Å². The van der Waals surface area contributed by atoms with Gasteiger partial charge in [0.1, 0.15) is 17.5 Å². The minimum atomic E-state index is -1.66. The average molecular weight is 484 g/mol. The molecule has 4 N–H and O–H groups in total. The fourth-order valence-electron chi connectivity index (χ4n) is 3.94. The number of aliphatic hydroxyl groups is 2. The molecule has 2 unspecified atom stereocenters. The Morgan fingerprint density at radius 2 is 1.24 bits per heavy atom. The van der Waals surface area contributed by atoms with Crippen molar-refractivity contribution in [1.29, 1.82) is 0 Å². The minimum absolute atomic E-state index is 0.222. The molecular weight excluding hydrogens is 450 g/mol. The molecule has 0 fully saturated rings. The second-order valence-corrected chi connectivity index (χ2v) is 10.1. The second kappa shape index (κ2) is 11.0. The quantitative estimate of drug-likeness (QED) is 0.261.